The number of hydrogen-bond acceptors (Lipinski definition) is 1. The Hall–Kier alpha value is -0.470. The van der Waals surface area contributed by atoms with Crippen molar-refractivity contribution in [1.82, 2.24) is 0 Å². The Morgan fingerprint density at radius 2 is 1.83 bits per heavy atom. The zero-order valence-corrected chi connectivity index (χ0v) is 8.71. The number of nitrogens with zero attached hydrogens (tertiary/aromatic N) is 1. The van der Waals surface area contributed by atoms with Crippen LogP contribution < -0.4 is 0 Å². The summed E-state index contributed by atoms with van der Waals surface area (Å²) in [5, 5.41) is 8.43. The van der Waals surface area contributed by atoms with E-state index in [1.807, 2.05) is 0 Å². The van der Waals surface area contributed by atoms with Crippen molar-refractivity contribution in [2.75, 3.05) is 0 Å². The molecule has 0 spiro atoms. The van der Waals surface area contributed by atoms with Crippen molar-refractivity contribution in [1.29, 1.82) is 5.26 Å². The maximum atomic E-state index is 13.0. The van der Waals surface area contributed by atoms with E-state index in [4.69, 9.17) is 5.26 Å². The Bertz CT molecular complexity index is 371. The molecule has 62 valence electrons. The van der Waals surface area contributed by atoms with Crippen LogP contribution >= 0.6 is 31.9 Å². The Balaban J connectivity index is 3.52. The van der Waals surface area contributed by atoms with Gasteiger partial charge in [-0.1, -0.05) is 0 Å². The van der Waals surface area contributed by atoms with E-state index < -0.39 is 11.6 Å². The van der Waals surface area contributed by atoms with Gasteiger partial charge in [-0.15, -0.1) is 0 Å². The maximum Gasteiger partial charge on any atom is 0.155 e. The van der Waals surface area contributed by atoms with Gasteiger partial charge < -0.3 is 0 Å². The number of hydrogen-bond donors (Lipinski definition) is 0. The molecule has 0 atom stereocenters. The molecule has 0 aromatic heterocycles. The van der Waals surface area contributed by atoms with E-state index in [1.165, 1.54) is 0 Å². The SMILES string of the molecule is N#Cc1cc(F)c(Br)c(F)c1Br. The second-order valence-corrected chi connectivity index (χ2v) is 3.55. The van der Waals surface area contributed by atoms with Gasteiger partial charge in [0, 0.05) is 0 Å². The maximum absolute atomic E-state index is 13.0. The molecule has 5 heteroatoms. The van der Waals surface area contributed by atoms with E-state index in [2.05, 4.69) is 31.9 Å². The van der Waals surface area contributed by atoms with Crippen LogP contribution in [0.15, 0.2) is 15.0 Å². The number of rotatable bonds is 0. The summed E-state index contributed by atoms with van der Waals surface area (Å²) in [4.78, 5) is 0. The molecule has 1 nitrogen and oxygen atoms in total. The molecule has 0 saturated carbocycles. The third kappa shape index (κ3) is 1.50. The Labute approximate surface area is 84.3 Å². The second kappa shape index (κ2) is 3.50. The first-order chi connectivity index (χ1) is 5.57. The van der Waals surface area contributed by atoms with Crippen LogP contribution in [0.3, 0.4) is 0 Å². The molecule has 0 unspecified atom stereocenters. The molecule has 12 heavy (non-hydrogen) atoms. The lowest BCUT2D eigenvalue weighted by Crippen LogP contribution is -1.90. The first kappa shape index (κ1) is 9.62. The summed E-state index contributed by atoms with van der Waals surface area (Å²) in [6, 6.07) is 2.61. The van der Waals surface area contributed by atoms with Crippen LogP contribution in [0.5, 0.6) is 0 Å². The molecular formula is C7HBr2F2N. The summed E-state index contributed by atoms with van der Waals surface area (Å²) in [7, 11) is 0. The molecule has 0 fully saturated rings. The Morgan fingerprint density at radius 1 is 1.25 bits per heavy atom. The third-order valence-corrected chi connectivity index (χ3v) is 2.73. The van der Waals surface area contributed by atoms with Gasteiger partial charge in [-0.25, -0.2) is 8.78 Å². The van der Waals surface area contributed by atoms with Gasteiger partial charge in [0.15, 0.2) is 5.82 Å². The van der Waals surface area contributed by atoms with E-state index in [1.54, 1.807) is 6.07 Å². The number of benzene rings is 1. The molecule has 0 bridgehead atoms. The molecule has 1 aromatic carbocycles. The number of halogens is 4. The highest BCUT2D eigenvalue weighted by atomic mass is 79.9. The van der Waals surface area contributed by atoms with Crippen LogP contribution in [0, 0.1) is 23.0 Å². The van der Waals surface area contributed by atoms with Gasteiger partial charge in [0.2, 0.25) is 0 Å². The van der Waals surface area contributed by atoms with E-state index in [0.717, 1.165) is 6.07 Å². The lowest BCUT2D eigenvalue weighted by molar-refractivity contribution is 0.566. The first-order valence-corrected chi connectivity index (χ1v) is 4.39. The Kier molecular flexibility index (Phi) is 2.80. The van der Waals surface area contributed by atoms with Crippen LogP contribution in [0.2, 0.25) is 0 Å². The van der Waals surface area contributed by atoms with E-state index >= 15 is 0 Å². The van der Waals surface area contributed by atoms with Crippen molar-refractivity contribution in [3.05, 3.63) is 32.2 Å². The summed E-state index contributed by atoms with van der Waals surface area (Å²) in [5.74, 6) is -1.58. The van der Waals surface area contributed by atoms with Gasteiger partial charge in [0.25, 0.3) is 0 Å². The summed E-state index contributed by atoms with van der Waals surface area (Å²) in [5.41, 5.74) is -0.0619. The average molecular weight is 297 g/mol. The van der Waals surface area contributed by atoms with Crippen molar-refractivity contribution >= 4 is 31.9 Å². The summed E-state index contributed by atoms with van der Waals surface area (Å²) in [6.07, 6.45) is 0. The highest BCUT2D eigenvalue weighted by Gasteiger charge is 2.14. The summed E-state index contributed by atoms with van der Waals surface area (Å²) in [6.45, 7) is 0. The van der Waals surface area contributed by atoms with Gasteiger partial charge in [0.1, 0.15) is 11.9 Å². The molecule has 0 amide bonds. The molecule has 1 aromatic rings. The fraction of sp³-hybridized carbons (Fsp3) is 0. The fourth-order valence-corrected chi connectivity index (χ4v) is 1.63. The van der Waals surface area contributed by atoms with E-state index in [9.17, 15) is 8.78 Å². The van der Waals surface area contributed by atoms with Crippen LogP contribution in [0.4, 0.5) is 8.78 Å². The smallest absolute Gasteiger partial charge is 0.155 e. The van der Waals surface area contributed by atoms with E-state index in [0.29, 0.717) is 0 Å². The van der Waals surface area contributed by atoms with Crippen LogP contribution in [0.1, 0.15) is 5.56 Å². The Morgan fingerprint density at radius 3 is 2.33 bits per heavy atom. The molecular weight excluding hydrogens is 296 g/mol. The third-order valence-electron chi connectivity index (χ3n) is 1.22. The molecule has 0 aliphatic heterocycles. The van der Waals surface area contributed by atoms with Crippen molar-refractivity contribution in [3.8, 4) is 6.07 Å². The van der Waals surface area contributed by atoms with Crippen LogP contribution in [0.25, 0.3) is 0 Å². The first-order valence-electron chi connectivity index (χ1n) is 2.81. The van der Waals surface area contributed by atoms with Gasteiger partial charge in [-0.05, 0) is 37.9 Å². The highest BCUT2D eigenvalue weighted by molar-refractivity contribution is 9.11. The monoisotopic (exact) mass is 295 g/mol. The molecule has 1 rings (SSSR count). The lowest BCUT2D eigenvalue weighted by Gasteiger charge is -2.00. The minimum atomic E-state index is -0.799. The van der Waals surface area contributed by atoms with Crippen LogP contribution in [-0.2, 0) is 0 Å². The molecule has 0 aliphatic rings. The zero-order valence-electron chi connectivity index (χ0n) is 5.54. The average Bonchev–Trinajstić information content (AvgIpc) is 2.08. The van der Waals surface area contributed by atoms with Gasteiger partial charge in [0.05, 0.1) is 14.5 Å². The summed E-state index contributed by atoms with van der Waals surface area (Å²) >= 11 is 5.54. The predicted octanol–water partition coefficient (Wildman–Crippen LogP) is 3.36. The molecule has 0 aliphatic carbocycles. The molecule has 0 radical (unpaired) electrons. The van der Waals surface area contributed by atoms with E-state index in [-0.39, 0.29) is 14.5 Å². The minimum absolute atomic E-state index is 0.0294. The van der Waals surface area contributed by atoms with Gasteiger partial charge in [-0.3, -0.25) is 0 Å². The largest absolute Gasteiger partial charge is 0.206 e. The second-order valence-electron chi connectivity index (χ2n) is 1.96. The van der Waals surface area contributed by atoms with Crippen molar-refractivity contribution < 1.29 is 8.78 Å². The van der Waals surface area contributed by atoms with Crippen molar-refractivity contribution in [2.24, 2.45) is 0 Å². The fourth-order valence-electron chi connectivity index (χ4n) is 0.654. The van der Waals surface area contributed by atoms with Gasteiger partial charge >= 0.3 is 0 Å². The molecule has 0 saturated heterocycles. The predicted molar refractivity (Wildman–Crippen MR) is 46.5 cm³/mol. The minimum Gasteiger partial charge on any atom is -0.206 e. The normalized spacial score (nSPS) is 9.58. The topological polar surface area (TPSA) is 23.8 Å². The quantitative estimate of drug-likeness (QED) is 0.532. The lowest BCUT2D eigenvalue weighted by atomic mass is 10.2. The van der Waals surface area contributed by atoms with Crippen LogP contribution in [-0.4, -0.2) is 0 Å². The highest BCUT2D eigenvalue weighted by Crippen LogP contribution is 2.29. The standard InChI is InChI=1S/C7HBr2F2N/c8-5-3(2-12)1-4(10)6(9)7(5)11/h1H. The molecule has 0 N–H and O–H groups in total. The van der Waals surface area contributed by atoms with Gasteiger partial charge in [-0.2, -0.15) is 5.26 Å². The van der Waals surface area contributed by atoms with Crippen molar-refractivity contribution in [3.63, 3.8) is 0 Å². The van der Waals surface area contributed by atoms with Crippen molar-refractivity contribution in [2.45, 2.75) is 0 Å². The molecule has 0 heterocycles. The zero-order chi connectivity index (χ0) is 9.30. The summed E-state index contributed by atoms with van der Waals surface area (Å²) < 4.78 is 25.4. The number of nitriles is 1.